The summed E-state index contributed by atoms with van der Waals surface area (Å²) in [6, 6.07) is 0. The van der Waals surface area contributed by atoms with Gasteiger partial charge in [-0.05, 0) is 25.7 Å². The summed E-state index contributed by atoms with van der Waals surface area (Å²) in [6.07, 6.45) is 0.932. The number of rotatable bonds is 5. The van der Waals surface area contributed by atoms with Gasteiger partial charge in [0.25, 0.3) is 5.91 Å². The van der Waals surface area contributed by atoms with Crippen molar-refractivity contribution in [1.82, 2.24) is 4.90 Å². The molecule has 0 bridgehead atoms. The van der Waals surface area contributed by atoms with Crippen LogP contribution in [-0.4, -0.2) is 49.7 Å². The molecule has 0 spiro atoms. The van der Waals surface area contributed by atoms with E-state index in [9.17, 15) is 18.4 Å². The maximum atomic E-state index is 13.2. The SMILES string of the molecule is CCOC(=O)C(C(=O)/N=C/N(C)C)C1CCC(F)(F)CC1. The van der Waals surface area contributed by atoms with Gasteiger partial charge < -0.3 is 9.64 Å². The molecule has 21 heavy (non-hydrogen) atoms. The summed E-state index contributed by atoms with van der Waals surface area (Å²) in [5.41, 5.74) is 0. The molecule has 0 aliphatic heterocycles. The Morgan fingerprint density at radius 1 is 1.38 bits per heavy atom. The number of aliphatic imine (C=N–C) groups is 1. The maximum absolute atomic E-state index is 13.2. The Bertz CT molecular complexity index is 401. The number of hydrogen-bond acceptors (Lipinski definition) is 3. The van der Waals surface area contributed by atoms with Crippen molar-refractivity contribution in [2.45, 2.75) is 38.5 Å². The highest BCUT2D eigenvalue weighted by molar-refractivity contribution is 6.00. The van der Waals surface area contributed by atoms with Gasteiger partial charge in [0, 0.05) is 26.9 Å². The molecule has 1 rings (SSSR count). The van der Waals surface area contributed by atoms with E-state index in [4.69, 9.17) is 4.74 Å². The predicted molar refractivity (Wildman–Crippen MR) is 74.2 cm³/mol. The van der Waals surface area contributed by atoms with Gasteiger partial charge >= 0.3 is 5.97 Å². The molecule has 1 aliphatic carbocycles. The molecule has 1 amide bonds. The normalized spacial score (nSPS) is 20.2. The van der Waals surface area contributed by atoms with Crippen molar-refractivity contribution in [2.75, 3.05) is 20.7 Å². The van der Waals surface area contributed by atoms with E-state index >= 15 is 0 Å². The fourth-order valence-corrected chi connectivity index (χ4v) is 2.38. The van der Waals surface area contributed by atoms with E-state index in [0.717, 1.165) is 0 Å². The van der Waals surface area contributed by atoms with E-state index in [1.165, 1.54) is 6.34 Å². The average Bonchev–Trinajstić information content (AvgIpc) is 2.39. The van der Waals surface area contributed by atoms with E-state index in [2.05, 4.69) is 4.99 Å². The minimum atomic E-state index is -2.70. The molecule has 1 unspecified atom stereocenters. The highest BCUT2D eigenvalue weighted by Gasteiger charge is 2.43. The van der Waals surface area contributed by atoms with Gasteiger partial charge in [0.1, 0.15) is 5.92 Å². The first-order valence-electron chi connectivity index (χ1n) is 7.05. The summed E-state index contributed by atoms with van der Waals surface area (Å²) < 4.78 is 31.3. The minimum Gasteiger partial charge on any atom is -0.465 e. The van der Waals surface area contributed by atoms with Crippen LogP contribution < -0.4 is 0 Å². The molecule has 0 aromatic heterocycles. The van der Waals surface area contributed by atoms with Crippen LogP contribution in [-0.2, 0) is 14.3 Å². The summed E-state index contributed by atoms with van der Waals surface area (Å²) in [7, 11) is 3.38. The fourth-order valence-electron chi connectivity index (χ4n) is 2.38. The molecule has 1 aliphatic rings. The van der Waals surface area contributed by atoms with E-state index in [-0.39, 0.29) is 32.3 Å². The third kappa shape index (κ3) is 5.40. The number of nitrogens with zero attached hydrogens (tertiary/aromatic N) is 2. The van der Waals surface area contributed by atoms with Crippen LogP contribution in [0.2, 0.25) is 0 Å². The molecular formula is C14H22F2N2O3. The van der Waals surface area contributed by atoms with Gasteiger partial charge in [-0.15, -0.1) is 0 Å². The van der Waals surface area contributed by atoms with Gasteiger partial charge in [-0.1, -0.05) is 0 Å². The summed E-state index contributed by atoms with van der Waals surface area (Å²) in [4.78, 5) is 29.4. The molecular weight excluding hydrogens is 282 g/mol. The Labute approximate surface area is 123 Å². The van der Waals surface area contributed by atoms with Crippen LogP contribution in [0.3, 0.4) is 0 Å². The third-order valence-electron chi connectivity index (χ3n) is 3.46. The molecule has 120 valence electrons. The number of ether oxygens (including phenoxy) is 1. The van der Waals surface area contributed by atoms with Crippen molar-refractivity contribution in [1.29, 1.82) is 0 Å². The second-order valence-corrected chi connectivity index (χ2v) is 5.47. The van der Waals surface area contributed by atoms with Gasteiger partial charge in [-0.3, -0.25) is 9.59 Å². The molecule has 0 aromatic carbocycles. The number of hydrogen-bond donors (Lipinski definition) is 0. The molecule has 0 saturated heterocycles. The van der Waals surface area contributed by atoms with Gasteiger partial charge in [-0.25, -0.2) is 13.8 Å². The first kappa shape index (κ1) is 17.5. The Kier molecular flexibility index (Phi) is 6.23. The Morgan fingerprint density at radius 2 is 1.95 bits per heavy atom. The van der Waals surface area contributed by atoms with Crippen molar-refractivity contribution in [3.8, 4) is 0 Å². The lowest BCUT2D eigenvalue weighted by Gasteiger charge is -2.31. The Morgan fingerprint density at radius 3 is 2.43 bits per heavy atom. The zero-order valence-corrected chi connectivity index (χ0v) is 12.6. The average molecular weight is 304 g/mol. The number of esters is 1. The molecule has 0 radical (unpaired) electrons. The van der Waals surface area contributed by atoms with Crippen LogP contribution in [0.1, 0.15) is 32.6 Å². The van der Waals surface area contributed by atoms with Gasteiger partial charge in [0.15, 0.2) is 0 Å². The Hall–Kier alpha value is -1.53. The number of amides is 1. The van der Waals surface area contributed by atoms with E-state index in [1.54, 1.807) is 25.9 Å². The number of halogens is 2. The van der Waals surface area contributed by atoms with E-state index in [0.29, 0.717) is 0 Å². The first-order valence-corrected chi connectivity index (χ1v) is 7.05. The van der Waals surface area contributed by atoms with Crippen LogP contribution in [0.15, 0.2) is 4.99 Å². The smallest absolute Gasteiger partial charge is 0.318 e. The first-order chi connectivity index (χ1) is 9.76. The van der Waals surface area contributed by atoms with Crippen molar-refractivity contribution in [3.05, 3.63) is 0 Å². The maximum Gasteiger partial charge on any atom is 0.318 e. The molecule has 7 heteroatoms. The fraction of sp³-hybridized carbons (Fsp3) is 0.786. The third-order valence-corrected chi connectivity index (χ3v) is 3.46. The topological polar surface area (TPSA) is 59.0 Å². The van der Waals surface area contributed by atoms with Crippen LogP contribution >= 0.6 is 0 Å². The second-order valence-electron chi connectivity index (χ2n) is 5.47. The molecule has 5 nitrogen and oxygen atoms in total. The van der Waals surface area contributed by atoms with E-state index < -0.39 is 29.6 Å². The lowest BCUT2D eigenvalue weighted by atomic mass is 9.78. The van der Waals surface area contributed by atoms with Gasteiger partial charge in [0.05, 0.1) is 12.9 Å². The van der Waals surface area contributed by atoms with Gasteiger partial charge in [-0.2, -0.15) is 0 Å². The number of carbonyl (C=O) groups excluding carboxylic acids is 2. The lowest BCUT2D eigenvalue weighted by Crippen LogP contribution is -2.37. The Balaban J connectivity index is 2.83. The summed E-state index contributed by atoms with van der Waals surface area (Å²) in [5, 5.41) is 0. The van der Waals surface area contributed by atoms with Crippen molar-refractivity contribution in [3.63, 3.8) is 0 Å². The van der Waals surface area contributed by atoms with Crippen molar-refractivity contribution >= 4 is 18.2 Å². The molecule has 0 aromatic rings. The highest BCUT2D eigenvalue weighted by Crippen LogP contribution is 2.39. The predicted octanol–water partition coefficient (Wildman–Crippen LogP) is 2.11. The zero-order valence-electron chi connectivity index (χ0n) is 12.6. The van der Waals surface area contributed by atoms with E-state index in [1.807, 2.05) is 0 Å². The van der Waals surface area contributed by atoms with Crippen LogP contribution in [0.25, 0.3) is 0 Å². The van der Waals surface area contributed by atoms with Crippen molar-refractivity contribution < 1.29 is 23.1 Å². The summed E-state index contributed by atoms with van der Waals surface area (Å²) in [5.74, 6) is -5.52. The molecule has 0 N–H and O–H groups in total. The minimum absolute atomic E-state index is 0.125. The molecule has 1 fully saturated rings. The second kappa shape index (κ2) is 7.47. The number of alkyl halides is 2. The summed E-state index contributed by atoms with van der Waals surface area (Å²) >= 11 is 0. The molecule has 1 saturated carbocycles. The van der Waals surface area contributed by atoms with Gasteiger partial charge in [0.2, 0.25) is 5.92 Å². The largest absolute Gasteiger partial charge is 0.465 e. The summed E-state index contributed by atoms with van der Waals surface area (Å²) in [6.45, 7) is 1.78. The molecule has 1 atom stereocenters. The zero-order chi connectivity index (χ0) is 16.0. The van der Waals surface area contributed by atoms with Crippen LogP contribution in [0.4, 0.5) is 8.78 Å². The quantitative estimate of drug-likeness (QED) is 0.338. The highest BCUT2D eigenvalue weighted by atomic mass is 19.3. The van der Waals surface area contributed by atoms with Crippen LogP contribution in [0.5, 0.6) is 0 Å². The van der Waals surface area contributed by atoms with Crippen LogP contribution in [0, 0.1) is 11.8 Å². The monoisotopic (exact) mass is 304 g/mol. The number of carbonyl (C=O) groups is 2. The molecule has 0 heterocycles. The van der Waals surface area contributed by atoms with Crippen molar-refractivity contribution in [2.24, 2.45) is 16.8 Å². The standard InChI is InChI=1S/C14H22F2N2O3/c1-4-21-13(20)11(12(19)17-9-18(2)3)10-5-7-14(15,16)8-6-10/h9-11H,4-8H2,1-3H3/b17-9+. The lowest BCUT2D eigenvalue weighted by molar-refractivity contribution is -0.156.